The molecular formula is C14H18Cl2N2O2S. The van der Waals surface area contributed by atoms with Crippen molar-refractivity contribution in [2.24, 2.45) is 11.7 Å². The molecule has 1 aliphatic carbocycles. The fraction of sp³-hybridized carbons (Fsp3) is 0.571. The molecule has 0 fully saturated rings. The van der Waals surface area contributed by atoms with Gasteiger partial charge in [-0.25, -0.2) is 0 Å². The fourth-order valence-corrected chi connectivity index (χ4v) is 4.30. The number of nitrogens with two attached hydrogens (primary N) is 1. The molecular weight excluding hydrogens is 331 g/mol. The van der Waals surface area contributed by atoms with Gasteiger partial charge in [0.15, 0.2) is 4.84 Å². The summed E-state index contributed by atoms with van der Waals surface area (Å²) in [5, 5.41) is 3.08. The highest BCUT2D eigenvalue weighted by molar-refractivity contribution is 7.17. The van der Waals surface area contributed by atoms with Crippen LogP contribution in [0.1, 0.15) is 47.0 Å². The first-order valence-corrected chi connectivity index (χ1v) is 8.66. The van der Waals surface area contributed by atoms with Crippen LogP contribution in [0, 0.1) is 5.92 Å². The van der Waals surface area contributed by atoms with Gasteiger partial charge in [0.05, 0.1) is 5.56 Å². The molecule has 0 radical (unpaired) electrons. The summed E-state index contributed by atoms with van der Waals surface area (Å²) in [6.07, 6.45) is 5.15. The van der Waals surface area contributed by atoms with Crippen LogP contribution in [0.3, 0.4) is 0 Å². The summed E-state index contributed by atoms with van der Waals surface area (Å²) in [7, 11) is 0. The molecule has 21 heavy (non-hydrogen) atoms. The Morgan fingerprint density at radius 2 is 2.19 bits per heavy atom. The van der Waals surface area contributed by atoms with Crippen molar-refractivity contribution >= 4 is 51.4 Å². The van der Waals surface area contributed by atoms with E-state index in [-0.39, 0.29) is 0 Å². The summed E-state index contributed by atoms with van der Waals surface area (Å²) < 4.78 is 0. The Kier molecular flexibility index (Phi) is 5.52. The number of halogens is 2. The molecule has 7 heteroatoms. The first-order chi connectivity index (χ1) is 9.93. The summed E-state index contributed by atoms with van der Waals surface area (Å²) in [4.78, 5) is 23.3. The molecule has 116 valence electrons. The number of carbonyl (C=O) groups excluding carboxylic acids is 2. The first kappa shape index (κ1) is 16.6. The maximum absolute atomic E-state index is 11.7. The fourth-order valence-electron chi connectivity index (χ4n) is 2.82. The highest BCUT2D eigenvalue weighted by Crippen LogP contribution is 2.40. The monoisotopic (exact) mass is 348 g/mol. The van der Waals surface area contributed by atoms with Crippen LogP contribution in [0.25, 0.3) is 0 Å². The molecule has 0 aromatic carbocycles. The van der Waals surface area contributed by atoms with Gasteiger partial charge < -0.3 is 11.1 Å². The summed E-state index contributed by atoms with van der Waals surface area (Å²) in [6, 6.07) is 0. The van der Waals surface area contributed by atoms with Gasteiger partial charge >= 0.3 is 0 Å². The predicted molar refractivity (Wildman–Crippen MR) is 87.4 cm³/mol. The maximum Gasteiger partial charge on any atom is 0.258 e. The van der Waals surface area contributed by atoms with E-state index < -0.39 is 16.7 Å². The Bertz CT molecular complexity index is 557. The van der Waals surface area contributed by atoms with Gasteiger partial charge in [-0.05, 0) is 30.7 Å². The number of thiophene rings is 1. The van der Waals surface area contributed by atoms with E-state index in [1.54, 1.807) is 0 Å². The lowest BCUT2D eigenvalue weighted by Gasteiger charge is -2.21. The molecule has 1 heterocycles. The van der Waals surface area contributed by atoms with Crippen LogP contribution in [0.5, 0.6) is 0 Å². The van der Waals surface area contributed by atoms with Crippen molar-refractivity contribution in [3.63, 3.8) is 0 Å². The Hall–Kier alpha value is -0.780. The van der Waals surface area contributed by atoms with E-state index >= 15 is 0 Å². The van der Waals surface area contributed by atoms with Gasteiger partial charge in [0.25, 0.3) is 11.8 Å². The van der Waals surface area contributed by atoms with Gasteiger partial charge in [0, 0.05) is 4.88 Å². The molecule has 2 amide bonds. The van der Waals surface area contributed by atoms with Crippen LogP contribution in [0.15, 0.2) is 0 Å². The van der Waals surface area contributed by atoms with Gasteiger partial charge in [-0.3, -0.25) is 9.59 Å². The maximum atomic E-state index is 11.7. The number of alkyl halides is 2. The Balaban J connectivity index is 2.30. The summed E-state index contributed by atoms with van der Waals surface area (Å²) in [5.74, 6) is -0.416. The first-order valence-electron chi connectivity index (χ1n) is 6.97. The summed E-state index contributed by atoms with van der Waals surface area (Å²) >= 11 is 12.5. The van der Waals surface area contributed by atoms with Crippen LogP contribution in [0.2, 0.25) is 0 Å². The number of carbonyl (C=O) groups is 2. The summed E-state index contributed by atoms with van der Waals surface area (Å²) in [6.45, 7) is 2.17. The molecule has 0 saturated heterocycles. The van der Waals surface area contributed by atoms with Crippen molar-refractivity contribution in [1.29, 1.82) is 0 Å². The van der Waals surface area contributed by atoms with E-state index in [2.05, 4.69) is 12.2 Å². The largest absolute Gasteiger partial charge is 0.365 e. The van der Waals surface area contributed by atoms with E-state index in [0.29, 0.717) is 16.5 Å². The molecule has 1 aliphatic rings. The molecule has 0 aliphatic heterocycles. The Morgan fingerprint density at radius 1 is 1.48 bits per heavy atom. The number of nitrogens with one attached hydrogen (secondary N) is 1. The molecule has 0 saturated carbocycles. The van der Waals surface area contributed by atoms with E-state index in [0.717, 1.165) is 36.1 Å². The molecule has 0 spiro atoms. The normalized spacial score (nSPS) is 17.6. The van der Waals surface area contributed by atoms with Crippen molar-refractivity contribution < 1.29 is 9.59 Å². The minimum atomic E-state index is -1.17. The van der Waals surface area contributed by atoms with Crippen LogP contribution in [0.4, 0.5) is 5.00 Å². The second-order valence-corrected chi connectivity index (χ2v) is 7.46. The number of fused-ring (bicyclic) bond motifs is 1. The lowest BCUT2D eigenvalue weighted by Crippen LogP contribution is -2.22. The second-order valence-electron chi connectivity index (χ2n) is 5.26. The molecule has 0 bridgehead atoms. The molecule has 1 unspecified atom stereocenters. The van der Waals surface area contributed by atoms with Crippen molar-refractivity contribution in [3.05, 3.63) is 16.0 Å². The molecule has 1 aromatic rings. The van der Waals surface area contributed by atoms with Gasteiger partial charge in [-0.2, -0.15) is 0 Å². The average molecular weight is 349 g/mol. The van der Waals surface area contributed by atoms with Crippen molar-refractivity contribution in [2.75, 3.05) is 5.32 Å². The standard InChI is InChI=1S/C14H18Cl2N2O2S/c1-2-3-7-4-5-8-9(6-7)21-14(10(8)12(17)19)18-13(20)11(15)16/h7,11H,2-6H2,1H3,(H2,17,19)(H,18,20). The number of rotatable bonds is 5. The summed E-state index contributed by atoms with van der Waals surface area (Å²) in [5.41, 5.74) is 6.88. The highest BCUT2D eigenvalue weighted by atomic mass is 35.5. The minimum Gasteiger partial charge on any atom is -0.365 e. The van der Waals surface area contributed by atoms with Gasteiger partial charge in [0.2, 0.25) is 0 Å². The predicted octanol–water partition coefficient (Wildman–Crippen LogP) is 3.49. The van der Waals surface area contributed by atoms with Gasteiger partial charge in [0.1, 0.15) is 5.00 Å². The molecule has 1 aromatic heterocycles. The SMILES string of the molecule is CCCC1CCc2c(sc(NC(=O)C(Cl)Cl)c2C(N)=O)C1. The molecule has 1 atom stereocenters. The van der Waals surface area contributed by atoms with Crippen molar-refractivity contribution in [1.82, 2.24) is 0 Å². The molecule has 4 nitrogen and oxygen atoms in total. The highest BCUT2D eigenvalue weighted by Gasteiger charge is 2.28. The quantitative estimate of drug-likeness (QED) is 0.799. The van der Waals surface area contributed by atoms with E-state index in [1.165, 1.54) is 17.8 Å². The number of hydrogen-bond acceptors (Lipinski definition) is 3. The van der Waals surface area contributed by atoms with E-state index in [4.69, 9.17) is 28.9 Å². The lowest BCUT2D eigenvalue weighted by atomic mass is 9.84. The molecule has 2 rings (SSSR count). The molecule has 3 N–H and O–H groups in total. The average Bonchev–Trinajstić information content (AvgIpc) is 2.76. The zero-order chi connectivity index (χ0) is 15.6. The van der Waals surface area contributed by atoms with Crippen molar-refractivity contribution in [3.8, 4) is 0 Å². The van der Waals surface area contributed by atoms with Crippen LogP contribution in [-0.2, 0) is 17.6 Å². The van der Waals surface area contributed by atoms with Gasteiger partial charge in [-0.15, -0.1) is 11.3 Å². The third-order valence-corrected chi connectivity index (χ3v) is 5.31. The van der Waals surface area contributed by atoms with E-state index in [9.17, 15) is 9.59 Å². The Labute approximate surface area is 138 Å². The van der Waals surface area contributed by atoms with Gasteiger partial charge in [-0.1, -0.05) is 43.0 Å². The topological polar surface area (TPSA) is 72.2 Å². The smallest absolute Gasteiger partial charge is 0.258 e. The Morgan fingerprint density at radius 3 is 2.76 bits per heavy atom. The zero-order valence-corrected chi connectivity index (χ0v) is 14.1. The van der Waals surface area contributed by atoms with Crippen molar-refractivity contribution in [2.45, 2.75) is 43.9 Å². The number of hydrogen-bond donors (Lipinski definition) is 2. The van der Waals surface area contributed by atoms with E-state index in [1.807, 2.05) is 0 Å². The minimum absolute atomic E-state index is 0.423. The number of amides is 2. The zero-order valence-electron chi connectivity index (χ0n) is 11.7. The third-order valence-electron chi connectivity index (χ3n) is 3.75. The van der Waals surface area contributed by atoms with Crippen LogP contribution in [-0.4, -0.2) is 16.7 Å². The second kappa shape index (κ2) is 6.99. The number of primary amides is 1. The third kappa shape index (κ3) is 3.71. The lowest BCUT2D eigenvalue weighted by molar-refractivity contribution is -0.114. The van der Waals surface area contributed by atoms with Crippen LogP contribution < -0.4 is 11.1 Å². The van der Waals surface area contributed by atoms with Crippen LogP contribution >= 0.6 is 34.5 Å². The number of anilines is 1.